The largest absolute Gasteiger partial charge is 0.369 e. The van der Waals surface area contributed by atoms with Gasteiger partial charge in [-0.25, -0.2) is 15.0 Å². The summed E-state index contributed by atoms with van der Waals surface area (Å²) in [4.78, 5) is 28.5. The monoisotopic (exact) mass is 365 g/mol. The van der Waals surface area contributed by atoms with E-state index >= 15 is 0 Å². The van der Waals surface area contributed by atoms with Crippen molar-refractivity contribution in [2.24, 2.45) is 0 Å². The summed E-state index contributed by atoms with van der Waals surface area (Å²) in [6.07, 6.45) is 9.25. The van der Waals surface area contributed by atoms with Gasteiger partial charge in [-0.2, -0.15) is 0 Å². The van der Waals surface area contributed by atoms with E-state index in [4.69, 9.17) is 9.97 Å². The Hall–Kier alpha value is -2.50. The molecule has 2 aliphatic rings. The lowest BCUT2D eigenvalue weighted by molar-refractivity contribution is 0.0793. The molecule has 142 valence electrons. The highest BCUT2D eigenvalue weighted by Gasteiger charge is 2.22. The van der Waals surface area contributed by atoms with E-state index in [1.165, 1.54) is 24.1 Å². The molecule has 4 rings (SSSR count). The van der Waals surface area contributed by atoms with E-state index in [1.54, 1.807) is 6.20 Å². The van der Waals surface area contributed by atoms with Crippen molar-refractivity contribution in [1.82, 2.24) is 19.9 Å². The van der Waals surface area contributed by atoms with Crippen LogP contribution in [0.2, 0.25) is 0 Å². The molecule has 2 aromatic rings. The number of aromatic nitrogens is 3. The summed E-state index contributed by atoms with van der Waals surface area (Å²) >= 11 is 0. The Labute approximate surface area is 160 Å². The van der Waals surface area contributed by atoms with Crippen LogP contribution in [0.4, 0.5) is 5.82 Å². The maximum Gasteiger partial charge on any atom is 0.257 e. The number of likely N-dealkylation sites (tertiary alicyclic amines) is 1. The van der Waals surface area contributed by atoms with Crippen LogP contribution in [0.25, 0.3) is 0 Å². The predicted molar refractivity (Wildman–Crippen MR) is 105 cm³/mol. The first kappa shape index (κ1) is 17.9. The molecular formula is C21H27N5O. The average Bonchev–Trinajstić information content (AvgIpc) is 3.23. The highest BCUT2D eigenvalue weighted by Crippen LogP contribution is 2.22. The molecule has 0 spiro atoms. The Morgan fingerprint density at radius 3 is 2.81 bits per heavy atom. The molecule has 27 heavy (non-hydrogen) atoms. The van der Waals surface area contributed by atoms with Gasteiger partial charge in [-0.05, 0) is 63.1 Å². The lowest BCUT2D eigenvalue weighted by Crippen LogP contribution is -2.28. The molecule has 1 aliphatic carbocycles. The summed E-state index contributed by atoms with van der Waals surface area (Å²) in [5, 5.41) is 3.33. The lowest BCUT2D eigenvalue weighted by Gasteiger charge is -2.18. The third-order valence-corrected chi connectivity index (χ3v) is 5.51. The first-order valence-electron chi connectivity index (χ1n) is 10.1. The summed E-state index contributed by atoms with van der Waals surface area (Å²) < 4.78 is 0. The zero-order valence-electron chi connectivity index (χ0n) is 16.0. The van der Waals surface area contributed by atoms with Gasteiger partial charge >= 0.3 is 0 Å². The van der Waals surface area contributed by atoms with Crippen LogP contribution in [-0.4, -0.2) is 45.4 Å². The number of hydrogen-bond acceptors (Lipinski definition) is 5. The van der Waals surface area contributed by atoms with Crippen molar-refractivity contribution in [3.8, 4) is 0 Å². The molecule has 0 bridgehead atoms. The van der Waals surface area contributed by atoms with Crippen molar-refractivity contribution >= 4 is 11.7 Å². The number of carbonyl (C=O) groups is 1. The number of fused-ring (bicyclic) bond motifs is 1. The second kappa shape index (κ2) is 8.03. The molecule has 1 fully saturated rings. The fraction of sp³-hybridized carbons (Fsp3) is 0.524. The van der Waals surface area contributed by atoms with Gasteiger partial charge in [0, 0.05) is 43.6 Å². The van der Waals surface area contributed by atoms with Gasteiger partial charge in [0.2, 0.25) is 0 Å². The Balaban J connectivity index is 1.42. The number of rotatable bonds is 5. The number of pyridine rings is 1. The number of nitrogens with one attached hydrogen (secondary N) is 1. The number of aryl methyl sites for hydroxylation is 2. The van der Waals surface area contributed by atoms with Crippen LogP contribution in [0.5, 0.6) is 0 Å². The average molecular weight is 365 g/mol. The van der Waals surface area contributed by atoms with Crippen molar-refractivity contribution in [3.05, 3.63) is 46.7 Å². The number of nitrogens with zero attached hydrogens (tertiary/aromatic N) is 4. The van der Waals surface area contributed by atoms with E-state index in [9.17, 15) is 4.79 Å². The van der Waals surface area contributed by atoms with Gasteiger partial charge in [0.15, 0.2) is 0 Å². The minimum atomic E-state index is 0.0731. The van der Waals surface area contributed by atoms with Crippen molar-refractivity contribution in [1.29, 1.82) is 0 Å². The van der Waals surface area contributed by atoms with Crippen molar-refractivity contribution in [2.75, 3.05) is 25.0 Å². The molecule has 0 aromatic carbocycles. The fourth-order valence-corrected chi connectivity index (χ4v) is 4.06. The molecule has 1 N–H and O–H groups in total. The maximum atomic E-state index is 12.7. The van der Waals surface area contributed by atoms with Crippen LogP contribution < -0.4 is 5.32 Å². The smallest absolute Gasteiger partial charge is 0.257 e. The molecule has 1 aliphatic heterocycles. The summed E-state index contributed by atoms with van der Waals surface area (Å²) in [7, 11) is 0. The van der Waals surface area contributed by atoms with Gasteiger partial charge in [0.1, 0.15) is 11.6 Å². The molecule has 2 aromatic heterocycles. The van der Waals surface area contributed by atoms with E-state index in [2.05, 4.69) is 17.2 Å². The van der Waals surface area contributed by atoms with Gasteiger partial charge in [0.25, 0.3) is 5.91 Å². The van der Waals surface area contributed by atoms with E-state index in [0.717, 1.165) is 56.7 Å². The Morgan fingerprint density at radius 1 is 1.15 bits per heavy atom. The summed E-state index contributed by atoms with van der Waals surface area (Å²) in [5.41, 5.74) is 4.35. The van der Waals surface area contributed by atoms with Crippen LogP contribution >= 0.6 is 0 Å². The molecule has 6 heteroatoms. The molecule has 0 atom stereocenters. The van der Waals surface area contributed by atoms with Gasteiger partial charge in [-0.3, -0.25) is 4.79 Å². The highest BCUT2D eigenvalue weighted by molar-refractivity contribution is 5.98. The molecular weight excluding hydrogens is 338 g/mol. The zero-order valence-corrected chi connectivity index (χ0v) is 16.0. The number of anilines is 1. The lowest BCUT2D eigenvalue weighted by atomic mass is 9.95. The van der Waals surface area contributed by atoms with Gasteiger partial charge in [-0.1, -0.05) is 0 Å². The summed E-state index contributed by atoms with van der Waals surface area (Å²) in [6.45, 7) is 4.44. The van der Waals surface area contributed by atoms with Crippen molar-refractivity contribution < 1.29 is 4.79 Å². The molecule has 1 amide bonds. The Morgan fingerprint density at radius 2 is 1.96 bits per heavy atom. The van der Waals surface area contributed by atoms with Crippen LogP contribution in [0, 0.1) is 6.92 Å². The predicted octanol–water partition coefficient (Wildman–Crippen LogP) is 2.95. The van der Waals surface area contributed by atoms with Crippen LogP contribution in [-0.2, 0) is 19.3 Å². The van der Waals surface area contributed by atoms with Crippen molar-refractivity contribution in [2.45, 2.75) is 51.9 Å². The van der Waals surface area contributed by atoms with Crippen LogP contribution in [0.3, 0.4) is 0 Å². The first-order valence-corrected chi connectivity index (χ1v) is 10.1. The first-order chi connectivity index (χ1) is 13.2. The molecule has 3 heterocycles. The van der Waals surface area contributed by atoms with Gasteiger partial charge in [0.05, 0.1) is 5.56 Å². The quantitative estimate of drug-likeness (QED) is 0.882. The molecule has 0 unspecified atom stereocenters. The minimum Gasteiger partial charge on any atom is -0.369 e. The molecule has 0 radical (unpaired) electrons. The van der Waals surface area contributed by atoms with Gasteiger partial charge < -0.3 is 10.2 Å². The zero-order chi connectivity index (χ0) is 18.6. The van der Waals surface area contributed by atoms with E-state index in [-0.39, 0.29) is 5.91 Å². The topological polar surface area (TPSA) is 71.0 Å². The normalized spacial score (nSPS) is 16.3. The third kappa shape index (κ3) is 3.94. The van der Waals surface area contributed by atoms with Crippen molar-refractivity contribution in [3.63, 3.8) is 0 Å². The third-order valence-electron chi connectivity index (χ3n) is 5.51. The fourth-order valence-electron chi connectivity index (χ4n) is 4.06. The molecule has 6 nitrogen and oxygen atoms in total. The Bertz CT molecular complexity index is 829. The molecule has 1 saturated heterocycles. The van der Waals surface area contributed by atoms with Crippen LogP contribution in [0.1, 0.15) is 58.8 Å². The standard InChI is InChI=1S/C21H27N5O/c1-15-16-7-2-3-9-18(16)25-19(24-15)10-12-23-20-17(8-6-11-22-20)21(27)26-13-4-5-14-26/h6,8,11H,2-5,7,9-10,12-14H2,1H3,(H,22,23). The number of amides is 1. The van der Waals surface area contributed by atoms with E-state index < -0.39 is 0 Å². The minimum absolute atomic E-state index is 0.0731. The number of carbonyl (C=O) groups excluding carboxylic acids is 1. The highest BCUT2D eigenvalue weighted by atomic mass is 16.2. The van der Waals surface area contributed by atoms with Crippen LogP contribution in [0.15, 0.2) is 18.3 Å². The number of hydrogen-bond donors (Lipinski definition) is 1. The summed E-state index contributed by atoms with van der Waals surface area (Å²) in [5.74, 6) is 1.61. The second-order valence-corrected chi connectivity index (χ2v) is 7.43. The molecule has 0 saturated carbocycles. The maximum absolute atomic E-state index is 12.7. The summed E-state index contributed by atoms with van der Waals surface area (Å²) in [6, 6.07) is 3.68. The van der Waals surface area contributed by atoms with E-state index in [1.807, 2.05) is 17.0 Å². The van der Waals surface area contributed by atoms with E-state index in [0.29, 0.717) is 17.9 Å². The Kier molecular flexibility index (Phi) is 5.32. The van der Waals surface area contributed by atoms with Gasteiger partial charge in [-0.15, -0.1) is 0 Å². The second-order valence-electron chi connectivity index (χ2n) is 7.43. The SMILES string of the molecule is Cc1nc(CCNc2ncccc2C(=O)N2CCCC2)nc2c1CCCC2.